The van der Waals surface area contributed by atoms with Crippen LogP contribution in [0.3, 0.4) is 0 Å². The molecule has 0 bridgehead atoms. The first-order chi connectivity index (χ1) is 14.1. The first-order valence-corrected chi connectivity index (χ1v) is 9.72. The fourth-order valence-electron chi connectivity index (χ4n) is 3.27. The average Bonchev–Trinajstić information content (AvgIpc) is 3.24. The zero-order valence-electron chi connectivity index (χ0n) is 16.7. The Balaban J connectivity index is 1.81. The Morgan fingerprint density at radius 1 is 1.10 bits per heavy atom. The molecule has 0 aliphatic heterocycles. The lowest BCUT2D eigenvalue weighted by atomic mass is 9.88. The molecule has 0 radical (unpaired) electrons. The lowest BCUT2D eigenvalue weighted by Gasteiger charge is -2.19. The van der Waals surface area contributed by atoms with Crippen LogP contribution in [-0.4, -0.2) is 17.4 Å². The van der Waals surface area contributed by atoms with E-state index in [-0.39, 0.29) is 18.4 Å². The molecule has 0 aliphatic rings. The molecule has 0 spiro atoms. The molecule has 0 saturated heterocycles. The van der Waals surface area contributed by atoms with E-state index in [1.165, 1.54) is 0 Å². The van der Waals surface area contributed by atoms with Crippen molar-refractivity contribution < 1.29 is 9.53 Å². The molecule has 1 aromatic heterocycles. The lowest BCUT2D eigenvalue weighted by molar-refractivity contribution is -0.122. The van der Waals surface area contributed by atoms with E-state index >= 15 is 0 Å². The van der Waals surface area contributed by atoms with E-state index in [1.807, 2.05) is 60.8 Å². The molecule has 148 valence electrons. The highest BCUT2D eigenvalue weighted by Gasteiger charge is 2.22. The van der Waals surface area contributed by atoms with Crippen LogP contribution in [0.1, 0.15) is 31.7 Å². The maximum Gasteiger partial charge on any atom is 0.228 e. The van der Waals surface area contributed by atoms with E-state index < -0.39 is 0 Å². The summed E-state index contributed by atoms with van der Waals surface area (Å²) >= 11 is 0. The van der Waals surface area contributed by atoms with Crippen molar-refractivity contribution >= 4 is 5.91 Å². The van der Waals surface area contributed by atoms with Crippen molar-refractivity contribution in [3.05, 3.63) is 72.6 Å². The van der Waals surface area contributed by atoms with Crippen LogP contribution < -0.4 is 10.1 Å². The van der Waals surface area contributed by atoms with Gasteiger partial charge in [-0.25, -0.2) is 0 Å². The Kier molecular flexibility index (Phi) is 6.70. The van der Waals surface area contributed by atoms with E-state index in [1.54, 1.807) is 6.20 Å². The number of amides is 1. The summed E-state index contributed by atoms with van der Waals surface area (Å²) in [7, 11) is 0. The Morgan fingerprint density at radius 2 is 1.90 bits per heavy atom. The molecule has 3 rings (SSSR count). The predicted molar refractivity (Wildman–Crippen MR) is 114 cm³/mol. The molecular weight excluding hydrogens is 362 g/mol. The van der Waals surface area contributed by atoms with Gasteiger partial charge in [0.15, 0.2) is 0 Å². The quantitative estimate of drug-likeness (QED) is 0.519. The van der Waals surface area contributed by atoms with Crippen LogP contribution in [0.2, 0.25) is 0 Å². The molecule has 5 heteroatoms. The van der Waals surface area contributed by atoms with Crippen LogP contribution >= 0.6 is 0 Å². The summed E-state index contributed by atoms with van der Waals surface area (Å²) in [6.07, 6.45) is 4.34. The molecule has 1 heterocycles. The third kappa shape index (κ3) is 5.49. The SMILES string of the molecule is CC(C)CC(C(=O)NCC#N)c1cccc(-c2ccc(Oc3cc[nH]c3)cc2)c1. The second-order valence-electron chi connectivity index (χ2n) is 7.36. The zero-order valence-corrected chi connectivity index (χ0v) is 16.7. The average molecular weight is 387 g/mol. The maximum absolute atomic E-state index is 12.6. The van der Waals surface area contributed by atoms with Gasteiger partial charge in [-0.15, -0.1) is 0 Å². The summed E-state index contributed by atoms with van der Waals surface area (Å²) in [4.78, 5) is 15.6. The van der Waals surface area contributed by atoms with Crippen molar-refractivity contribution in [3.63, 3.8) is 0 Å². The number of ether oxygens (including phenoxy) is 1. The first-order valence-electron chi connectivity index (χ1n) is 9.72. The predicted octanol–water partition coefficient (Wildman–Crippen LogP) is 5.24. The number of hydrogen-bond donors (Lipinski definition) is 2. The van der Waals surface area contributed by atoms with E-state index in [0.717, 1.165) is 34.6 Å². The molecule has 1 amide bonds. The Hall–Kier alpha value is -3.52. The van der Waals surface area contributed by atoms with Gasteiger partial charge in [0.1, 0.15) is 18.0 Å². The van der Waals surface area contributed by atoms with Crippen LogP contribution in [-0.2, 0) is 4.79 Å². The fraction of sp³-hybridized carbons (Fsp3) is 0.250. The third-order valence-electron chi connectivity index (χ3n) is 4.65. The minimum Gasteiger partial charge on any atom is -0.456 e. The smallest absolute Gasteiger partial charge is 0.228 e. The monoisotopic (exact) mass is 387 g/mol. The van der Waals surface area contributed by atoms with Crippen molar-refractivity contribution in [2.24, 2.45) is 5.92 Å². The van der Waals surface area contributed by atoms with E-state index in [4.69, 9.17) is 10.00 Å². The van der Waals surface area contributed by atoms with Crippen molar-refractivity contribution in [1.29, 1.82) is 5.26 Å². The van der Waals surface area contributed by atoms with Gasteiger partial charge in [-0.3, -0.25) is 4.79 Å². The molecule has 0 aliphatic carbocycles. The van der Waals surface area contributed by atoms with Gasteiger partial charge < -0.3 is 15.0 Å². The second kappa shape index (κ2) is 9.61. The van der Waals surface area contributed by atoms with Crippen molar-refractivity contribution in [3.8, 4) is 28.7 Å². The highest BCUT2D eigenvalue weighted by Crippen LogP contribution is 2.30. The Morgan fingerprint density at radius 3 is 2.55 bits per heavy atom. The lowest BCUT2D eigenvalue weighted by Crippen LogP contribution is -2.30. The number of nitriles is 1. The van der Waals surface area contributed by atoms with E-state index in [2.05, 4.69) is 30.2 Å². The van der Waals surface area contributed by atoms with Gasteiger partial charge in [-0.05, 0) is 47.2 Å². The second-order valence-corrected chi connectivity index (χ2v) is 7.36. The van der Waals surface area contributed by atoms with Crippen LogP contribution in [0.25, 0.3) is 11.1 Å². The number of nitrogens with one attached hydrogen (secondary N) is 2. The minimum atomic E-state index is -0.278. The summed E-state index contributed by atoms with van der Waals surface area (Å²) in [6, 6.07) is 19.8. The summed E-state index contributed by atoms with van der Waals surface area (Å²) in [5, 5.41) is 11.5. The molecule has 1 atom stereocenters. The Bertz CT molecular complexity index is 970. The molecule has 3 aromatic rings. The number of benzene rings is 2. The summed E-state index contributed by atoms with van der Waals surface area (Å²) in [6.45, 7) is 4.21. The van der Waals surface area contributed by atoms with Gasteiger partial charge >= 0.3 is 0 Å². The van der Waals surface area contributed by atoms with Crippen molar-refractivity contribution in [2.75, 3.05) is 6.54 Å². The largest absolute Gasteiger partial charge is 0.456 e. The topological polar surface area (TPSA) is 77.9 Å². The Labute approximate surface area is 171 Å². The van der Waals surface area contributed by atoms with Gasteiger partial charge in [0.2, 0.25) is 5.91 Å². The molecule has 2 N–H and O–H groups in total. The number of carbonyl (C=O) groups excluding carboxylic acids is 1. The summed E-state index contributed by atoms with van der Waals surface area (Å²) in [5.74, 6) is 1.51. The van der Waals surface area contributed by atoms with Gasteiger partial charge in [-0.2, -0.15) is 5.26 Å². The van der Waals surface area contributed by atoms with Gasteiger partial charge in [0, 0.05) is 12.4 Å². The first kappa shape index (κ1) is 20.2. The highest BCUT2D eigenvalue weighted by molar-refractivity contribution is 5.84. The van der Waals surface area contributed by atoms with Crippen LogP contribution in [0.15, 0.2) is 67.0 Å². The molecule has 1 unspecified atom stereocenters. The molecule has 2 aromatic carbocycles. The molecule has 29 heavy (non-hydrogen) atoms. The standard InChI is InChI=1S/C24H25N3O2/c1-17(2)14-23(24(28)27-13-11-25)20-5-3-4-19(15-20)18-6-8-21(9-7-18)29-22-10-12-26-16-22/h3-10,12,15-17,23,26H,13-14H2,1-2H3,(H,27,28). The number of H-pyrrole nitrogens is 1. The van der Waals surface area contributed by atoms with Crippen LogP contribution in [0, 0.1) is 17.2 Å². The number of hydrogen-bond acceptors (Lipinski definition) is 3. The number of carbonyl (C=O) groups is 1. The molecule has 0 saturated carbocycles. The number of aromatic nitrogens is 1. The summed E-state index contributed by atoms with van der Waals surface area (Å²) < 4.78 is 5.77. The highest BCUT2D eigenvalue weighted by atomic mass is 16.5. The van der Waals surface area contributed by atoms with Crippen molar-refractivity contribution in [1.82, 2.24) is 10.3 Å². The van der Waals surface area contributed by atoms with Gasteiger partial charge in [0.25, 0.3) is 0 Å². The van der Waals surface area contributed by atoms with Gasteiger partial charge in [-0.1, -0.05) is 50.2 Å². The van der Waals surface area contributed by atoms with E-state index in [0.29, 0.717) is 5.92 Å². The van der Waals surface area contributed by atoms with Crippen LogP contribution in [0.4, 0.5) is 0 Å². The molecule has 0 fully saturated rings. The number of nitrogens with zero attached hydrogens (tertiary/aromatic N) is 1. The zero-order chi connectivity index (χ0) is 20.6. The maximum atomic E-state index is 12.6. The fourth-order valence-corrected chi connectivity index (χ4v) is 3.27. The van der Waals surface area contributed by atoms with Gasteiger partial charge in [0.05, 0.1) is 12.0 Å². The summed E-state index contributed by atoms with van der Waals surface area (Å²) in [5.41, 5.74) is 3.05. The number of rotatable bonds is 8. The van der Waals surface area contributed by atoms with E-state index in [9.17, 15) is 4.79 Å². The van der Waals surface area contributed by atoms with Crippen LogP contribution in [0.5, 0.6) is 11.5 Å². The van der Waals surface area contributed by atoms with Crippen molar-refractivity contribution in [2.45, 2.75) is 26.2 Å². The third-order valence-corrected chi connectivity index (χ3v) is 4.65. The molecule has 5 nitrogen and oxygen atoms in total. The number of aromatic amines is 1. The molecular formula is C24H25N3O2. The normalized spacial score (nSPS) is 11.7. The minimum absolute atomic E-state index is 0.0235.